The monoisotopic (exact) mass is 644 g/mol. The minimum atomic E-state index is -0.210. The van der Waals surface area contributed by atoms with Crippen LogP contribution in [0.3, 0.4) is 0 Å². The Morgan fingerprint density at radius 1 is 1.02 bits per heavy atom. The van der Waals surface area contributed by atoms with E-state index in [-0.39, 0.29) is 17.6 Å². The van der Waals surface area contributed by atoms with Crippen molar-refractivity contribution in [1.82, 2.24) is 19.7 Å². The van der Waals surface area contributed by atoms with Crippen LogP contribution in [0.25, 0.3) is 28.0 Å². The molecule has 3 heterocycles. The number of halogens is 3. The summed E-state index contributed by atoms with van der Waals surface area (Å²) in [5.41, 5.74) is 9.32. The van der Waals surface area contributed by atoms with E-state index in [1.54, 1.807) is 27.9 Å². The first-order valence-electron chi connectivity index (χ1n) is 14.5. The topological polar surface area (TPSA) is 68.1 Å². The van der Waals surface area contributed by atoms with Gasteiger partial charge in [0.25, 0.3) is 5.91 Å². The highest BCUT2D eigenvalue weighted by molar-refractivity contribution is 6.40. The molecule has 6 nitrogen and oxygen atoms in total. The van der Waals surface area contributed by atoms with E-state index in [0.717, 1.165) is 62.2 Å². The lowest BCUT2D eigenvalue weighted by Crippen LogP contribution is -2.36. The van der Waals surface area contributed by atoms with Crippen LogP contribution in [0.4, 0.5) is 0 Å². The maximum absolute atomic E-state index is 13.7. The molecular weight excluding hydrogens is 615 g/mol. The zero-order valence-corrected chi connectivity index (χ0v) is 27.0. The molecule has 4 aromatic rings. The molecule has 224 valence electrons. The number of aryl methyl sites for hydroxylation is 1. The van der Waals surface area contributed by atoms with Crippen LogP contribution >= 0.6 is 34.8 Å². The van der Waals surface area contributed by atoms with Crippen molar-refractivity contribution < 1.29 is 9.59 Å². The number of allylic oxidation sites excluding steroid dienone is 3. The summed E-state index contributed by atoms with van der Waals surface area (Å²) in [7, 11) is 1.84. The van der Waals surface area contributed by atoms with Gasteiger partial charge in [-0.25, -0.2) is 4.98 Å². The SMILES string of the molecule is C=C(C)C1CC(=O)C(C)=C(c2ccc(-c3cccc4c3CCN(C(=O)c3c(Cl)cc(-c5cnn(C)c5)cc3Cl)C4)nc2Cl)C1. The lowest BCUT2D eigenvalue weighted by molar-refractivity contribution is -0.116. The van der Waals surface area contributed by atoms with E-state index in [9.17, 15) is 9.59 Å². The van der Waals surface area contributed by atoms with Crippen molar-refractivity contribution in [2.75, 3.05) is 6.54 Å². The molecule has 2 aliphatic rings. The standard InChI is InChI=1S/C35H31Cl3N4O2/c1-19(2)22-12-28(20(3)32(43)15-22)27-8-9-31(40-34(27)38)26-7-5-6-21-18-42(11-10-25(21)26)35(44)33-29(36)13-23(14-30(33)37)24-16-39-41(4)17-24/h5-9,13-14,16-17,22H,1,10-12,15,18H2,2-4H3. The summed E-state index contributed by atoms with van der Waals surface area (Å²) in [6.07, 6.45) is 5.44. The van der Waals surface area contributed by atoms with Gasteiger partial charge in [0.05, 0.1) is 27.5 Å². The number of benzene rings is 2. The normalized spacial score (nSPS) is 16.7. The molecule has 44 heavy (non-hydrogen) atoms. The van der Waals surface area contributed by atoms with Crippen LogP contribution in [0.15, 0.2) is 72.6 Å². The molecule has 0 N–H and O–H groups in total. The average molecular weight is 646 g/mol. The van der Waals surface area contributed by atoms with Crippen molar-refractivity contribution in [1.29, 1.82) is 0 Å². The van der Waals surface area contributed by atoms with Crippen LogP contribution < -0.4 is 0 Å². The molecule has 0 saturated heterocycles. The van der Waals surface area contributed by atoms with Crippen LogP contribution in [0.2, 0.25) is 15.2 Å². The fourth-order valence-electron chi connectivity index (χ4n) is 6.18. The molecule has 0 spiro atoms. The molecular formula is C35H31Cl3N4O2. The van der Waals surface area contributed by atoms with E-state index in [0.29, 0.717) is 46.7 Å². The molecule has 1 aliphatic heterocycles. The summed E-state index contributed by atoms with van der Waals surface area (Å²) >= 11 is 20.0. The van der Waals surface area contributed by atoms with Crippen LogP contribution in [0.5, 0.6) is 0 Å². The first-order valence-corrected chi connectivity index (χ1v) is 15.6. The van der Waals surface area contributed by atoms with Crippen LogP contribution in [-0.2, 0) is 24.8 Å². The second-order valence-electron chi connectivity index (χ2n) is 11.7. The summed E-state index contributed by atoms with van der Waals surface area (Å²) in [5, 5.41) is 5.19. The van der Waals surface area contributed by atoms with E-state index in [1.807, 2.05) is 57.4 Å². The van der Waals surface area contributed by atoms with Gasteiger partial charge in [-0.2, -0.15) is 5.10 Å². The highest BCUT2D eigenvalue weighted by Crippen LogP contribution is 2.40. The largest absolute Gasteiger partial charge is 0.334 e. The molecule has 0 saturated carbocycles. The van der Waals surface area contributed by atoms with Gasteiger partial charge in [-0.05, 0) is 84.7 Å². The lowest BCUT2D eigenvalue weighted by atomic mass is 9.78. The predicted octanol–water partition coefficient (Wildman–Crippen LogP) is 8.64. The average Bonchev–Trinajstić information content (AvgIpc) is 3.43. The number of hydrogen-bond acceptors (Lipinski definition) is 4. The highest BCUT2D eigenvalue weighted by Gasteiger charge is 2.29. The summed E-state index contributed by atoms with van der Waals surface area (Å²) in [5.74, 6) is 0.0216. The summed E-state index contributed by atoms with van der Waals surface area (Å²) in [6.45, 7) is 8.83. The van der Waals surface area contributed by atoms with E-state index in [4.69, 9.17) is 39.8 Å². The molecule has 9 heteroatoms. The van der Waals surface area contributed by atoms with Crippen molar-refractivity contribution in [3.63, 3.8) is 0 Å². The van der Waals surface area contributed by atoms with Gasteiger partial charge >= 0.3 is 0 Å². The number of aromatic nitrogens is 3. The maximum atomic E-state index is 13.7. The Morgan fingerprint density at radius 3 is 2.43 bits per heavy atom. The molecule has 0 bridgehead atoms. The van der Waals surface area contributed by atoms with Gasteiger partial charge in [-0.3, -0.25) is 14.3 Å². The summed E-state index contributed by atoms with van der Waals surface area (Å²) in [6, 6.07) is 13.5. The van der Waals surface area contributed by atoms with Gasteiger partial charge in [0.1, 0.15) is 5.15 Å². The molecule has 2 aromatic carbocycles. The Morgan fingerprint density at radius 2 is 1.77 bits per heavy atom. The van der Waals surface area contributed by atoms with Gasteiger partial charge in [-0.15, -0.1) is 0 Å². The van der Waals surface area contributed by atoms with E-state index >= 15 is 0 Å². The molecule has 1 aliphatic carbocycles. The second-order valence-corrected chi connectivity index (χ2v) is 12.8. The summed E-state index contributed by atoms with van der Waals surface area (Å²) < 4.78 is 1.70. The van der Waals surface area contributed by atoms with Crippen LogP contribution in [-0.4, -0.2) is 37.9 Å². The quantitative estimate of drug-likeness (QED) is 0.161. The Balaban J connectivity index is 1.26. The van der Waals surface area contributed by atoms with Crippen molar-refractivity contribution in [3.8, 4) is 22.4 Å². The molecule has 0 radical (unpaired) electrons. The predicted molar refractivity (Wildman–Crippen MR) is 177 cm³/mol. The smallest absolute Gasteiger partial charge is 0.257 e. The number of carbonyl (C=O) groups is 2. The van der Waals surface area contributed by atoms with Gasteiger partial charge in [0.15, 0.2) is 5.78 Å². The number of amides is 1. The van der Waals surface area contributed by atoms with Gasteiger partial charge in [0, 0.05) is 49.4 Å². The molecule has 6 rings (SSSR count). The molecule has 2 aromatic heterocycles. The third-order valence-electron chi connectivity index (χ3n) is 8.75. The number of pyridine rings is 1. The Labute approximate surface area is 272 Å². The minimum Gasteiger partial charge on any atom is -0.334 e. The lowest BCUT2D eigenvalue weighted by Gasteiger charge is -2.31. The molecule has 1 amide bonds. The molecule has 1 atom stereocenters. The van der Waals surface area contributed by atoms with E-state index < -0.39 is 0 Å². The minimum absolute atomic E-state index is 0.104. The van der Waals surface area contributed by atoms with Crippen molar-refractivity contribution >= 4 is 52.1 Å². The Kier molecular flexibility index (Phi) is 8.27. The van der Waals surface area contributed by atoms with Crippen LogP contribution in [0.1, 0.15) is 53.7 Å². The number of nitrogens with zero attached hydrogens (tertiary/aromatic N) is 4. The van der Waals surface area contributed by atoms with Crippen molar-refractivity contribution in [3.05, 3.63) is 110 Å². The first-order chi connectivity index (χ1) is 21.0. The maximum Gasteiger partial charge on any atom is 0.257 e. The molecule has 0 fully saturated rings. The zero-order chi connectivity index (χ0) is 31.3. The number of carbonyl (C=O) groups excluding carboxylic acids is 2. The van der Waals surface area contributed by atoms with Gasteiger partial charge in [-0.1, -0.05) is 65.2 Å². The Bertz CT molecular complexity index is 1870. The Hall–Kier alpha value is -3.71. The fourth-order valence-corrected chi connectivity index (χ4v) is 7.10. The highest BCUT2D eigenvalue weighted by atomic mass is 35.5. The first kappa shape index (κ1) is 30.3. The van der Waals surface area contributed by atoms with E-state index in [1.165, 1.54) is 0 Å². The third kappa shape index (κ3) is 5.63. The second kappa shape index (κ2) is 12.0. The van der Waals surface area contributed by atoms with Gasteiger partial charge in [0.2, 0.25) is 0 Å². The number of hydrogen-bond donors (Lipinski definition) is 0. The summed E-state index contributed by atoms with van der Waals surface area (Å²) in [4.78, 5) is 33.0. The fraction of sp³-hybridized carbons (Fsp3) is 0.257. The van der Waals surface area contributed by atoms with Crippen molar-refractivity contribution in [2.24, 2.45) is 13.0 Å². The third-order valence-corrected chi connectivity index (χ3v) is 9.63. The number of ketones is 1. The number of Topliss-reactive ketones (excluding diaryl/α,β-unsaturated/α-hetero) is 1. The van der Waals surface area contributed by atoms with Crippen LogP contribution in [0, 0.1) is 5.92 Å². The van der Waals surface area contributed by atoms with E-state index in [2.05, 4.69) is 11.7 Å². The van der Waals surface area contributed by atoms with Gasteiger partial charge < -0.3 is 4.90 Å². The number of fused-ring (bicyclic) bond motifs is 1. The molecule has 1 unspecified atom stereocenters. The number of rotatable bonds is 5. The van der Waals surface area contributed by atoms with Crippen molar-refractivity contribution in [2.45, 2.75) is 39.7 Å². The zero-order valence-electron chi connectivity index (χ0n) is 24.8.